The van der Waals surface area contributed by atoms with Gasteiger partial charge in [-0.2, -0.15) is 13.7 Å². The minimum Gasteiger partial charge on any atom is -0.497 e. The number of nitriles is 1. The van der Waals surface area contributed by atoms with Gasteiger partial charge in [-0.15, -0.1) is 0 Å². The first kappa shape index (κ1) is 26.1. The zero-order valence-corrected chi connectivity index (χ0v) is 20.5. The summed E-state index contributed by atoms with van der Waals surface area (Å²) in [6.07, 6.45) is 0.123. The third kappa shape index (κ3) is 6.97. The predicted octanol–water partition coefficient (Wildman–Crippen LogP) is 2.80. The lowest BCUT2D eigenvalue weighted by atomic mass is 10.0. The Morgan fingerprint density at radius 1 is 1.00 bits per heavy atom. The molecule has 0 aliphatic rings. The van der Waals surface area contributed by atoms with Gasteiger partial charge in [0.25, 0.3) is 0 Å². The quantitative estimate of drug-likeness (QED) is 0.407. The molecule has 0 aromatic heterocycles. The van der Waals surface area contributed by atoms with E-state index >= 15 is 0 Å². The fraction of sp³-hybridized carbons (Fsp3) is 0.160. The summed E-state index contributed by atoms with van der Waals surface area (Å²) in [5.41, 5.74) is 1.42. The molecule has 3 rings (SSSR count). The molecular weight excluding hydrogens is 482 g/mol. The number of nitrogens with zero attached hydrogens (tertiary/aromatic N) is 2. The van der Waals surface area contributed by atoms with Crippen LogP contribution in [0.15, 0.2) is 78.9 Å². The standard InChI is InChI=1S/C25H25N5O5S/c1-30(20-12-14-21(35-2)15-13-20)24(31)23(16-18-8-4-3-5-9-18)27-25(32)29-36(33,34)28-22-11-7-6-10-19(22)17-26/h3-15,23,28H,16H2,1-2H3,(H2,27,29,32)/t23-/m0/s1. The van der Waals surface area contributed by atoms with Crippen LogP contribution in [-0.4, -0.2) is 40.6 Å². The highest BCUT2D eigenvalue weighted by Crippen LogP contribution is 2.19. The zero-order chi connectivity index (χ0) is 26.1. The summed E-state index contributed by atoms with van der Waals surface area (Å²) in [5.74, 6) is 0.160. The van der Waals surface area contributed by atoms with Gasteiger partial charge in [0.15, 0.2) is 0 Å². The number of carbonyl (C=O) groups is 2. The Bertz CT molecular complexity index is 1360. The number of likely N-dealkylation sites (N-methyl/N-ethyl adjacent to an activating group) is 1. The molecule has 0 heterocycles. The second kappa shape index (κ2) is 11.7. The number of anilines is 2. The molecule has 3 N–H and O–H groups in total. The molecule has 0 spiro atoms. The summed E-state index contributed by atoms with van der Waals surface area (Å²) in [4.78, 5) is 27.4. The molecular formula is C25H25N5O5S. The van der Waals surface area contributed by atoms with Gasteiger partial charge in [-0.25, -0.2) is 9.52 Å². The Hall–Kier alpha value is -4.56. The highest BCUT2D eigenvalue weighted by atomic mass is 32.2. The van der Waals surface area contributed by atoms with E-state index < -0.39 is 28.2 Å². The second-order valence-electron chi connectivity index (χ2n) is 7.68. The molecule has 3 amide bonds. The van der Waals surface area contributed by atoms with E-state index in [1.54, 1.807) is 67.7 Å². The van der Waals surface area contributed by atoms with Crippen molar-refractivity contribution in [1.82, 2.24) is 10.0 Å². The smallest absolute Gasteiger partial charge is 0.330 e. The number of benzene rings is 3. The normalized spacial score (nSPS) is 11.5. The minimum atomic E-state index is -4.39. The summed E-state index contributed by atoms with van der Waals surface area (Å²) < 4.78 is 34.1. The first-order chi connectivity index (χ1) is 17.2. The van der Waals surface area contributed by atoms with Gasteiger partial charge >= 0.3 is 16.2 Å². The van der Waals surface area contributed by atoms with Crippen molar-refractivity contribution >= 4 is 33.5 Å². The number of carbonyl (C=O) groups excluding carboxylic acids is 2. The molecule has 10 nitrogen and oxygen atoms in total. The Kier molecular flexibility index (Phi) is 8.48. The van der Waals surface area contributed by atoms with Gasteiger partial charge in [0.1, 0.15) is 17.9 Å². The largest absolute Gasteiger partial charge is 0.497 e. The molecule has 3 aromatic carbocycles. The lowest BCUT2D eigenvalue weighted by Crippen LogP contribution is -2.53. The molecule has 0 fully saturated rings. The van der Waals surface area contributed by atoms with Crippen molar-refractivity contribution < 1.29 is 22.7 Å². The molecule has 0 aliphatic carbocycles. The molecule has 186 valence electrons. The van der Waals surface area contributed by atoms with E-state index in [9.17, 15) is 18.0 Å². The van der Waals surface area contributed by atoms with Crippen molar-refractivity contribution in [3.05, 3.63) is 90.0 Å². The van der Waals surface area contributed by atoms with Gasteiger partial charge < -0.3 is 15.0 Å². The van der Waals surface area contributed by atoms with E-state index in [-0.39, 0.29) is 17.7 Å². The summed E-state index contributed by atoms with van der Waals surface area (Å²) in [5, 5.41) is 11.6. The number of hydrogen-bond acceptors (Lipinski definition) is 6. The van der Waals surface area contributed by atoms with E-state index in [1.165, 1.54) is 24.1 Å². The number of urea groups is 1. The van der Waals surface area contributed by atoms with Crippen LogP contribution in [-0.2, 0) is 21.4 Å². The van der Waals surface area contributed by atoms with Gasteiger partial charge in [0.05, 0.1) is 18.4 Å². The topological polar surface area (TPSA) is 141 Å². The molecule has 0 saturated carbocycles. The first-order valence-electron chi connectivity index (χ1n) is 10.8. The van der Waals surface area contributed by atoms with Crippen molar-refractivity contribution in [3.63, 3.8) is 0 Å². The number of rotatable bonds is 9. The number of methoxy groups -OCH3 is 1. The molecule has 0 aliphatic heterocycles. The summed E-state index contributed by atoms with van der Waals surface area (Å²) in [6, 6.07) is 21.4. The highest BCUT2D eigenvalue weighted by molar-refractivity contribution is 7.91. The number of hydrogen-bond donors (Lipinski definition) is 3. The van der Waals surface area contributed by atoms with Crippen LogP contribution in [0.2, 0.25) is 0 Å². The lowest BCUT2D eigenvalue weighted by molar-refractivity contribution is -0.120. The molecule has 11 heteroatoms. The van der Waals surface area contributed by atoms with Gasteiger partial charge in [-0.1, -0.05) is 42.5 Å². The maximum absolute atomic E-state index is 13.3. The Labute approximate surface area is 209 Å². The van der Waals surface area contributed by atoms with E-state index in [2.05, 4.69) is 10.0 Å². The average Bonchev–Trinajstić information content (AvgIpc) is 2.87. The minimum absolute atomic E-state index is 0.0106. The maximum atomic E-state index is 13.3. The van der Waals surface area contributed by atoms with E-state index in [0.717, 1.165) is 5.56 Å². The van der Waals surface area contributed by atoms with Crippen molar-refractivity contribution in [1.29, 1.82) is 5.26 Å². The lowest BCUT2D eigenvalue weighted by Gasteiger charge is -2.25. The van der Waals surface area contributed by atoms with Crippen LogP contribution >= 0.6 is 0 Å². The van der Waals surface area contributed by atoms with Crippen molar-refractivity contribution in [3.8, 4) is 11.8 Å². The summed E-state index contributed by atoms with van der Waals surface area (Å²) in [6.45, 7) is 0. The third-order valence-electron chi connectivity index (χ3n) is 5.20. The molecule has 36 heavy (non-hydrogen) atoms. The van der Waals surface area contributed by atoms with E-state index in [1.807, 2.05) is 16.9 Å². The molecule has 1 atom stereocenters. The highest BCUT2D eigenvalue weighted by Gasteiger charge is 2.27. The fourth-order valence-electron chi connectivity index (χ4n) is 3.37. The maximum Gasteiger partial charge on any atom is 0.330 e. The van der Waals surface area contributed by atoms with Crippen LogP contribution in [0.3, 0.4) is 0 Å². The Balaban J connectivity index is 1.77. The van der Waals surface area contributed by atoms with Crippen LogP contribution in [0.1, 0.15) is 11.1 Å². The second-order valence-corrected chi connectivity index (χ2v) is 9.09. The van der Waals surface area contributed by atoms with Gasteiger partial charge in [0.2, 0.25) is 5.91 Å². The average molecular weight is 508 g/mol. The molecule has 0 radical (unpaired) electrons. The van der Waals surface area contributed by atoms with Crippen molar-refractivity contribution in [2.75, 3.05) is 23.8 Å². The van der Waals surface area contributed by atoms with Crippen molar-refractivity contribution in [2.45, 2.75) is 12.5 Å². The number of para-hydroxylation sites is 1. The van der Waals surface area contributed by atoms with E-state index in [4.69, 9.17) is 10.00 Å². The molecule has 0 unspecified atom stereocenters. The Morgan fingerprint density at radius 2 is 1.64 bits per heavy atom. The van der Waals surface area contributed by atoms with Crippen LogP contribution in [0.25, 0.3) is 0 Å². The SMILES string of the molecule is COc1ccc(N(C)C(=O)[C@H](Cc2ccccc2)NC(=O)NS(=O)(=O)Nc2ccccc2C#N)cc1. The summed E-state index contributed by atoms with van der Waals surface area (Å²) in [7, 11) is -1.31. The van der Waals surface area contributed by atoms with Crippen LogP contribution in [0, 0.1) is 11.3 Å². The van der Waals surface area contributed by atoms with Crippen molar-refractivity contribution in [2.24, 2.45) is 0 Å². The first-order valence-corrected chi connectivity index (χ1v) is 12.3. The Morgan fingerprint density at radius 3 is 2.28 bits per heavy atom. The number of amides is 3. The van der Waals surface area contributed by atoms with Crippen LogP contribution in [0.4, 0.5) is 16.2 Å². The van der Waals surface area contributed by atoms with Gasteiger partial charge in [-0.05, 0) is 42.0 Å². The molecule has 3 aromatic rings. The van der Waals surface area contributed by atoms with Crippen LogP contribution in [0.5, 0.6) is 5.75 Å². The monoisotopic (exact) mass is 507 g/mol. The predicted molar refractivity (Wildman–Crippen MR) is 136 cm³/mol. The van der Waals surface area contributed by atoms with E-state index in [0.29, 0.717) is 11.4 Å². The number of nitrogens with one attached hydrogen (secondary N) is 3. The molecule has 0 saturated heterocycles. The number of ether oxygens (including phenoxy) is 1. The van der Waals surface area contributed by atoms with Crippen LogP contribution < -0.4 is 24.4 Å². The van der Waals surface area contributed by atoms with Gasteiger partial charge in [-0.3, -0.25) is 9.52 Å². The van der Waals surface area contributed by atoms with Gasteiger partial charge in [0, 0.05) is 19.2 Å². The molecule has 0 bridgehead atoms. The summed E-state index contributed by atoms with van der Waals surface area (Å²) >= 11 is 0. The fourth-order valence-corrected chi connectivity index (χ4v) is 4.19. The third-order valence-corrected chi connectivity index (χ3v) is 6.14. The zero-order valence-electron chi connectivity index (χ0n) is 19.6.